The Morgan fingerprint density at radius 1 is 0.976 bits per heavy atom. The van der Waals surface area contributed by atoms with E-state index in [-0.39, 0.29) is 13.0 Å². The van der Waals surface area contributed by atoms with Crippen LogP contribution >= 0.6 is 0 Å². The van der Waals surface area contributed by atoms with Crippen molar-refractivity contribution in [3.63, 3.8) is 0 Å². The molecule has 11 heteroatoms. The summed E-state index contributed by atoms with van der Waals surface area (Å²) in [4.78, 5) is 18.7. The normalized spacial score (nSPS) is 15.2. The van der Waals surface area contributed by atoms with E-state index < -0.39 is 11.7 Å². The maximum atomic E-state index is 14.3. The summed E-state index contributed by atoms with van der Waals surface area (Å²) in [5.41, 5.74) is 7.20. The first kappa shape index (κ1) is 25.2. The molecule has 0 amide bonds. The highest BCUT2D eigenvalue weighted by Gasteiger charge is 2.37. The molecule has 1 saturated heterocycles. The molecule has 0 radical (unpaired) electrons. The molecule has 1 aliphatic rings. The maximum Gasteiger partial charge on any atom is 0.261 e. The predicted octanol–water partition coefficient (Wildman–Crippen LogP) is 6.22. The van der Waals surface area contributed by atoms with Crippen LogP contribution in [0.3, 0.4) is 0 Å². The van der Waals surface area contributed by atoms with E-state index >= 15 is 0 Å². The Labute approximate surface area is 232 Å². The number of methoxy groups -OCH3 is 1. The van der Waals surface area contributed by atoms with E-state index in [4.69, 9.17) is 9.72 Å². The lowest BCUT2D eigenvalue weighted by Gasteiger charge is -2.15. The molecular weight excluding hydrogens is 531 g/mol. The van der Waals surface area contributed by atoms with Crippen molar-refractivity contribution < 1.29 is 17.9 Å². The zero-order valence-electron chi connectivity index (χ0n) is 22.0. The van der Waals surface area contributed by atoms with E-state index in [9.17, 15) is 13.2 Å². The van der Waals surface area contributed by atoms with Gasteiger partial charge in [-0.3, -0.25) is 20.0 Å². The fraction of sp³-hybridized carbons (Fsp3) is 0.200. The second-order valence-corrected chi connectivity index (χ2v) is 10.3. The van der Waals surface area contributed by atoms with Crippen LogP contribution in [0.15, 0.2) is 67.3 Å². The molecular formula is C30H24F3N7O. The average Bonchev–Trinajstić information content (AvgIpc) is 3.68. The number of hydrogen-bond donors (Lipinski definition) is 2. The number of halogens is 3. The standard InChI is InChI=1S/C30H24F3N7O/c1-41-21-8-18(7-20(31)9-21)23-13-35-14-27-22(23)10-26(36-27)29-28-25(38-39-29)3-2-24(37-28)19-6-17(11-34-12-19)15-40-5-4-30(32,33)16-40/h2-3,6-14,36H,4-5,15-16H2,1H3,(H,38,39). The minimum absolute atomic E-state index is 0.122. The number of rotatable bonds is 6. The molecule has 8 nitrogen and oxygen atoms in total. The summed E-state index contributed by atoms with van der Waals surface area (Å²) in [5, 5.41) is 8.41. The van der Waals surface area contributed by atoms with Crippen LogP contribution in [-0.2, 0) is 6.54 Å². The van der Waals surface area contributed by atoms with E-state index in [1.54, 1.807) is 35.8 Å². The SMILES string of the molecule is COc1cc(F)cc(-c2cncc3[nH]c(-c4n[nH]c5ccc(-c6cncc(CN7CCC(F)(F)C7)c6)nc45)cc23)c1. The highest BCUT2D eigenvalue weighted by Crippen LogP contribution is 2.35. The van der Waals surface area contributed by atoms with Gasteiger partial charge in [-0.05, 0) is 47.5 Å². The number of aromatic nitrogens is 6. The second-order valence-electron chi connectivity index (χ2n) is 10.3. The Bertz CT molecular complexity index is 1920. The Morgan fingerprint density at radius 3 is 2.68 bits per heavy atom. The van der Waals surface area contributed by atoms with Crippen LogP contribution in [0.5, 0.6) is 5.75 Å². The third-order valence-corrected chi connectivity index (χ3v) is 7.37. The number of alkyl halides is 2. The summed E-state index contributed by atoms with van der Waals surface area (Å²) in [6.45, 7) is 0.515. The Balaban J connectivity index is 1.25. The van der Waals surface area contributed by atoms with E-state index in [0.29, 0.717) is 41.3 Å². The van der Waals surface area contributed by atoms with Crippen molar-refractivity contribution in [1.29, 1.82) is 0 Å². The first-order valence-corrected chi connectivity index (χ1v) is 13.1. The summed E-state index contributed by atoms with van der Waals surface area (Å²) in [6.07, 6.45) is 6.69. The number of ether oxygens (including phenoxy) is 1. The lowest BCUT2D eigenvalue weighted by molar-refractivity contribution is 0.0115. The molecule has 2 N–H and O–H groups in total. The molecule has 0 aliphatic carbocycles. The van der Waals surface area contributed by atoms with Gasteiger partial charge in [-0.1, -0.05) is 0 Å². The Kier molecular flexibility index (Phi) is 5.97. The van der Waals surface area contributed by atoms with Crippen molar-refractivity contribution in [3.8, 4) is 39.5 Å². The van der Waals surface area contributed by atoms with Crippen LogP contribution in [0, 0.1) is 5.82 Å². The van der Waals surface area contributed by atoms with Crippen LogP contribution in [0.1, 0.15) is 12.0 Å². The Hall–Kier alpha value is -4.77. The molecule has 1 aromatic carbocycles. The molecule has 41 heavy (non-hydrogen) atoms. The fourth-order valence-corrected chi connectivity index (χ4v) is 5.41. The van der Waals surface area contributed by atoms with Gasteiger partial charge in [0.2, 0.25) is 0 Å². The highest BCUT2D eigenvalue weighted by molar-refractivity contribution is 6.00. The third kappa shape index (κ3) is 4.78. The monoisotopic (exact) mass is 555 g/mol. The quantitative estimate of drug-likeness (QED) is 0.253. The van der Waals surface area contributed by atoms with Gasteiger partial charge in [-0.15, -0.1) is 0 Å². The minimum Gasteiger partial charge on any atom is -0.497 e. The number of nitrogens with zero attached hydrogens (tertiary/aromatic N) is 5. The van der Waals surface area contributed by atoms with Crippen LogP contribution in [0.25, 0.3) is 55.7 Å². The summed E-state index contributed by atoms with van der Waals surface area (Å²) in [5.74, 6) is -2.63. The number of nitrogens with one attached hydrogen (secondary N) is 2. The van der Waals surface area contributed by atoms with Gasteiger partial charge in [0.15, 0.2) is 0 Å². The van der Waals surface area contributed by atoms with Crippen molar-refractivity contribution in [2.45, 2.75) is 18.9 Å². The number of likely N-dealkylation sites (tertiary alicyclic amines) is 1. The second kappa shape index (κ2) is 9.70. The molecule has 0 atom stereocenters. The molecule has 0 unspecified atom stereocenters. The number of pyridine rings is 3. The number of hydrogen-bond acceptors (Lipinski definition) is 6. The van der Waals surface area contributed by atoms with Gasteiger partial charge < -0.3 is 9.72 Å². The lowest BCUT2D eigenvalue weighted by atomic mass is 10.0. The van der Waals surface area contributed by atoms with E-state index in [2.05, 4.69) is 25.1 Å². The van der Waals surface area contributed by atoms with Gasteiger partial charge in [-0.2, -0.15) is 5.10 Å². The topological polar surface area (TPSA) is 95.6 Å². The maximum absolute atomic E-state index is 14.3. The molecule has 5 aromatic heterocycles. The van der Waals surface area contributed by atoms with Crippen molar-refractivity contribution in [2.75, 3.05) is 20.2 Å². The zero-order chi connectivity index (χ0) is 28.1. The van der Waals surface area contributed by atoms with Gasteiger partial charge in [-0.25, -0.2) is 18.2 Å². The van der Waals surface area contributed by atoms with Gasteiger partial charge in [0.05, 0.1) is 42.3 Å². The third-order valence-electron chi connectivity index (χ3n) is 7.37. The number of H-pyrrole nitrogens is 2. The first-order chi connectivity index (χ1) is 19.8. The fourth-order valence-electron chi connectivity index (χ4n) is 5.41. The van der Waals surface area contributed by atoms with Crippen molar-refractivity contribution in [3.05, 3.63) is 78.6 Å². The molecule has 6 aromatic rings. The van der Waals surface area contributed by atoms with Crippen LogP contribution in [0.2, 0.25) is 0 Å². The summed E-state index contributed by atoms with van der Waals surface area (Å²) in [6, 6.07) is 12.2. The first-order valence-electron chi connectivity index (χ1n) is 13.1. The number of benzene rings is 1. The minimum atomic E-state index is -2.64. The summed E-state index contributed by atoms with van der Waals surface area (Å²) in [7, 11) is 1.50. The van der Waals surface area contributed by atoms with Crippen molar-refractivity contribution in [1.82, 2.24) is 35.0 Å². The van der Waals surface area contributed by atoms with Crippen LogP contribution in [-0.4, -0.2) is 61.2 Å². The number of fused-ring (bicyclic) bond motifs is 2. The van der Waals surface area contributed by atoms with Gasteiger partial charge in [0.25, 0.3) is 5.92 Å². The van der Waals surface area contributed by atoms with E-state index in [1.165, 1.54) is 19.2 Å². The number of aromatic amines is 2. The lowest BCUT2D eigenvalue weighted by Crippen LogP contribution is -2.24. The van der Waals surface area contributed by atoms with Gasteiger partial charge in [0, 0.05) is 60.7 Å². The molecule has 0 spiro atoms. The van der Waals surface area contributed by atoms with Crippen LogP contribution in [0.4, 0.5) is 13.2 Å². The Morgan fingerprint density at radius 2 is 1.85 bits per heavy atom. The molecule has 0 bridgehead atoms. The molecule has 1 aliphatic heterocycles. The molecule has 0 saturated carbocycles. The molecule has 206 valence electrons. The zero-order valence-corrected chi connectivity index (χ0v) is 22.0. The average molecular weight is 556 g/mol. The van der Waals surface area contributed by atoms with Crippen LogP contribution < -0.4 is 4.74 Å². The smallest absolute Gasteiger partial charge is 0.261 e. The summed E-state index contributed by atoms with van der Waals surface area (Å²) < 4.78 is 46.8. The van der Waals surface area contributed by atoms with Gasteiger partial charge in [0.1, 0.15) is 22.8 Å². The van der Waals surface area contributed by atoms with Crippen molar-refractivity contribution in [2.24, 2.45) is 0 Å². The molecule has 7 rings (SSSR count). The summed E-state index contributed by atoms with van der Waals surface area (Å²) >= 11 is 0. The largest absolute Gasteiger partial charge is 0.497 e. The van der Waals surface area contributed by atoms with Crippen molar-refractivity contribution >= 4 is 21.9 Å². The predicted molar refractivity (Wildman–Crippen MR) is 149 cm³/mol. The molecule has 1 fully saturated rings. The molecule has 6 heterocycles. The van der Waals surface area contributed by atoms with E-state index in [0.717, 1.165) is 38.8 Å². The van der Waals surface area contributed by atoms with Gasteiger partial charge >= 0.3 is 0 Å². The highest BCUT2D eigenvalue weighted by atomic mass is 19.3. The van der Waals surface area contributed by atoms with E-state index in [1.807, 2.05) is 24.3 Å².